The minimum atomic E-state index is -0.621. The van der Waals surface area contributed by atoms with Crippen molar-refractivity contribution in [3.8, 4) is 0 Å². The van der Waals surface area contributed by atoms with Crippen LogP contribution in [0, 0.1) is 5.82 Å². The van der Waals surface area contributed by atoms with Crippen molar-refractivity contribution in [2.45, 2.75) is 25.9 Å². The van der Waals surface area contributed by atoms with Gasteiger partial charge in [0.1, 0.15) is 5.82 Å². The number of nitrogens with one attached hydrogen (secondary N) is 2. The number of carbonyl (C=O) groups excluding carboxylic acids is 1. The number of hydrogen-bond donors (Lipinski definition) is 3. The van der Waals surface area contributed by atoms with Crippen LogP contribution in [0.1, 0.15) is 30.1 Å². The molecule has 0 aliphatic rings. The average molecular weight is 292 g/mol. The van der Waals surface area contributed by atoms with Crippen LogP contribution in [0.2, 0.25) is 0 Å². The number of hydrogen-bond acceptors (Lipinski definition) is 3. The Balaban J connectivity index is 2.28. The Kier molecular flexibility index (Phi) is 4.70. The molecule has 1 aromatic carbocycles. The van der Waals surface area contributed by atoms with Gasteiger partial charge < -0.3 is 15.4 Å². The highest BCUT2D eigenvalue weighted by molar-refractivity contribution is 6.05. The topological polar surface area (TPSA) is 82.2 Å². The van der Waals surface area contributed by atoms with Gasteiger partial charge in [-0.15, -0.1) is 0 Å². The molecule has 0 aliphatic heterocycles. The summed E-state index contributed by atoms with van der Waals surface area (Å²) >= 11 is 0. The first kappa shape index (κ1) is 15.2. The quantitative estimate of drug-likeness (QED) is 0.782. The molecule has 0 fully saturated rings. The standard InChI is InChI=1S/C15H17FN2O3/c1-2-3-10(19)8-17-15(21)12-7-14(20)18-13-6-9(16)4-5-11(12)13/h4-7,10,19H,2-3,8H2,1H3,(H,17,21)(H,18,20). The number of fused-ring (bicyclic) bond motifs is 1. The molecular weight excluding hydrogens is 275 g/mol. The van der Waals surface area contributed by atoms with Crippen molar-refractivity contribution in [2.24, 2.45) is 0 Å². The molecular formula is C15H17FN2O3. The van der Waals surface area contributed by atoms with E-state index in [2.05, 4.69) is 10.3 Å². The fourth-order valence-corrected chi connectivity index (χ4v) is 2.16. The van der Waals surface area contributed by atoms with Gasteiger partial charge in [-0.05, 0) is 24.6 Å². The average Bonchev–Trinajstić information content (AvgIpc) is 2.43. The molecule has 0 saturated carbocycles. The molecule has 1 aromatic heterocycles. The Bertz CT molecular complexity index is 712. The van der Waals surface area contributed by atoms with Crippen molar-refractivity contribution in [3.63, 3.8) is 0 Å². The normalized spacial score (nSPS) is 12.3. The maximum Gasteiger partial charge on any atom is 0.252 e. The minimum absolute atomic E-state index is 0.113. The van der Waals surface area contributed by atoms with Crippen LogP contribution in [-0.4, -0.2) is 28.6 Å². The zero-order valence-corrected chi connectivity index (χ0v) is 11.6. The summed E-state index contributed by atoms with van der Waals surface area (Å²) in [5.74, 6) is -0.957. The number of aliphatic hydroxyl groups excluding tert-OH is 1. The molecule has 1 unspecified atom stereocenters. The predicted octanol–water partition coefficient (Wildman–Crippen LogP) is 1.56. The summed E-state index contributed by atoms with van der Waals surface area (Å²) in [6.45, 7) is 2.05. The fraction of sp³-hybridized carbons (Fsp3) is 0.333. The molecule has 112 valence electrons. The maximum atomic E-state index is 13.2. The number of benzene rings is 1. The van der Waals surface area contributed by atoms with Crippen LogP contribution in [-0.2, 0) is 0 Å². The summed E-state index contributed by atoms with van der Waals surface area (Å²) in [5.41, 5.74) is -0.0495. The zero-order chi connectivity index (χ0) is 15.4. The lowest BCUT2D eigenvalue weighted by atomic mass is 10.1. The molecule has 0 saturated heterocycles. The number of pyridine rings is 1. The first-order valence-electron chi connectivity index (χ1n) is 6.80. The van der Waals surface area contributed by atoms with Crippen molar-refractivity contribution >= 4 is 16.8 Å². The molecule has 0 aliphatic carbocycles. The monoisotopic (exact) mass is 292 g/mol. The van der Waals surface area contributed by atoms with Gasteiger partial charge in [0.05, 0.1) is 17.2 Å². The van der Waals surface area contributed by atoms with Crippen molar-refractivity contribution in [3.05, 3.63) is 46.0 Å². The molecule has 0 spiro atoms. The van der Waals surface area contributed by atoms with Crippen LogP contribution >= 0.6 is 0 Å². The van der Waals surface area contributed by atoms with Gasteiger partial charge in [-0.3, -0.25) is 9.59 Å². The maximum absolute atomic E-state index is 13.2. The van der Waals surface area contributed by atoms with E-state index in [1.165, 1.54) is 24.3 Å². The highest BCUT2D eigenvalue weighted by atomic mass is 19.1. The van der Waals surface area contributed by atoms with Gasteiger partial charge in [0.15, 0.2) is 0 Å². The Morgan fingerprint density at radius 1 is 1.43 bits per heavy atom. The number of amides is 1. The third-order valence-corrected chi connectivity index (χ3v) is 3.17. The van der Waals surface area contributed by atoms with Gasteiger partial charge in [0.25, 0.3) is 5.91 Å². The van der Waals surface area contributed by atoms with Crippen molar-refractivity contribution in [1.29, 1.82) is 0 Å². The van der Waals surface area contributed by atoms with E-state index < -0.39 is 23.4 Å². The summed E-state index contributed by atoms with van der Waals surface area (Å²) in [5, 5.41) is 12.7. The number of H-pyrrole nitrogens is 1. The fourth-order valence-electron chi connectivity index (χ4n) is 2.16. The van der Waals surface area contributed by atoms with Crippen molar-refractivity contribution < 1.29 is 14.3 Å². The number of halogens is 1. The van der Waals surface area contributed by atoms with Crippen LogP contribution in [0.15, 0.2) is 29.1 Å². The Labute approximate surface area is 120 Å². The van der Waals surface area contributed by atoms with E-state index in [-0.39, 0.29) is 17.6 Å². The molecule has 21 heavy (non-hydrogen) atoms. The van der Waals surface area contributed by atoms with Crippen LogP contribution in [0.3, 0.4) is 0 Å². The largest absolute Gasteiger partial charge is 0.391 e. The molecule has 6 heteroatoms. The molecule has 0 radical (unpaired) electrons. The number of aromatic nitrogens is 1. The molecule has 0 bridgehead atoms. The number of carbonyl (C=O) groups is 1. The summed E-state index contributed by atoms with van der Waals surface area (Å²) in [4.78, 5) is 26.2. The second-order valence-electron chi connectivity index (χ2n) is 4.89. The van der Waals surface area contributed by atoms with Gasteiger partial charge >= 0.3 is 0 Å². The summed E-state index contributed by atoms with van der Waals surface area (Å²) in [7, 11) is 0. The Morgan fingerprint density at radius 3 is 2.90 bits per heavy atom. The van der Waals surface area contributed by atoms with Gasteiger partial charge in [-0.2, -0.15) is 0 Å². The van der Waals surface area contributed by atoms with Crippen LogP contribution in [0.5, 0.6) is 0 Å². The van der Waals surface area contributed by atoms with E-state index >= 15 is 0 Å². The highest BCUT2D eigenvalue weighted by Crippen LogP contribution is 2.16. The van der Waals surface area contributed by atoms with Gasteiger partial charge in [0, 0.05) is 18.0 Å². The summed E-state index contributed by atoms with van der Waals surface area (Å²) in [6, 6.07) is 5.00. The van der Waals surface area contributed by atoms with Crippen LogP contribution < -0.4 is 10.9 Å². The SMILES string of the molecule is CCCC(O)CNC(=O)c1cc(=O)[nH]c2cc(F)ccc12. The first-order valence-corrected chi connectivity index (χ1v) is 6.80. The Morgan fingerprint density at radius 2 is 2.19 bits per heavy atom. The van der Waals surface area contributed by atoms with E-state index in [0.717, 1.165) is 6.42 Å². The van der Waals surface area contributed by atoms with E-state index in [4.69, 9.17) is 0 Å². The van der Waals surface area contributed by atoms with E-state index in [9.17, 15) is 19.1 Å². The lowest BCUT2D eigenvalue weighted by Gasteiger charge is -2.11. The zero-order valence-electron chi connectivity index (χ0n) is 11.6. The highest BCUT2D eigenvalue weighted by Gasteiger charge is 2.13. The third kappa shape index (κ3) is 3.66. The summed E-state index contributed by atoms with van der Waals surface area (Å²) in [6.07, 6.45) is 0.774. The molecule has 3 N–H and O–H groups in total. The van der Waals surface area contributed by atoms with E-state index in [1.54, 1.807) is 0 Å². The van der Waals surface area contributed by atoms with E-state index in [0.29, 0.717) is 11.8 Å². The minimum Gasteiger partial charge on any atom is -0.391 e. The number of aliphatic hydroxyl groups is 1. The molecule has 1 heterocycles. The lowest BCUT2D eigenvalue weighted by molar-refractivity contribution is 0.0911. The van der Waals surface area contributed by atoms with Gasteiger partial charge in [-0.1, -0.05) is 13.3 Å². The van der Waals surface area contributed by atoms with Crippen molar-refractivity contribution in [2.75, 3.05) is 6.54 Å². The first-order chi connectivity index (χ1) is 10.0. The number of aromatic amines is 1. The Hall–Kier alpha value is -2.21. The van der Waals surface area contributed by atoms with Gasteiger partial charge in [0.2, 0.25) is 5.56 Å². The lowest BCUT2D eigenvalue weighted by Crippen LogP contribution is -2.32. The smallest absolute Gasteiger partial charge is 0.252 e. The molecule has 1 atom stereocenters. The second-order valence-corrected chi connectivity index (χ2v) is 4.89. The van der Waals surface area contributed by atoms with Crippen LogP contribution in [0.25, 0.3) is 10.9 Å². The van der Waals surface area contributed by atoms with Crippen LogP contribution in [0.4, 0.5) is 4.39 Å². The second kappa shape index (κ2) is 6.49. The molecule has 2 aromatic rings. The molecule has 2 rings (SSSR count). The van der Waals surface area contributed by atoms with Crippen molar-refractivity contribution in [1.82, 2.24) is 10.3 Å². The molecule has 5 nitrogen and oxygen atoms in total. The summed E-state index contributed by atoms with van der Waals surface area (Å²) < 4.78 is 13.2. The van der Waals surface area contributed by atoms with Gasteiger partial charge in [-0.25, -0.2) is 4.39 Å². The van der Waals surface area contributed by atoms with E-state index in [1.807, 2.05) is 6.92 Å². The third-order valence-electron chi connectivity index (χ3n) is 3.17. The molecule has 1 amide bonds. The number of rotatable bonds is 5. The predicted molar refractivity (Wildman–Crippen MR) is 77.8 cm³/mol.